The van der Waals surface area contributed by atoms with Crippen LogP contribution < -0.4 is 0 Å². The van der Waals surface area contributed by atoms with E-state index in [4.69, 9.17) is 3.80 Å². The molecule has 0 amide bonds. The zero-order valence-corrected chi connectivity index (χ0v) is 5.37. The summed E-state index contributed by atoms with van der Waals surface area (Å²) >= 11 is 1.17. The minimum absolute atomic E-state index is 0. The van der Waals surface area contributed by atoms with Gasteiger partial charge in [0.1, 0.15) is 0 Å². The average molecular weight is 127 g/mol. The third kappa shape index (κ3) is 120. The van der Waals surface area contributed by atoms with E-state index in [1.54, 1.807) is 0 Å². The first-order valence-electron chi connectivity index (χ1n) is 0.236. The molecule has 0 saturated carbocycles. The van der Waals surface area contributed by atoms with Crippen molar-refractivity contribution in [3.05, 3.63) is 0 Å². The van der Waals surface area contributed by atoms with E-state index in [1.165, 1.54) is 16.2 Å². The predicted octanol–water partition coefficient (Wildman–Crippen LogP) is -3.11. The predicted molar refractivity (Wildman–Crippen MR) is 25.1 cm³/mol. The normalized spacial score (nSPS) is 0.500. The molecular formula is H8Al2O4. The first kappa shape index (κ1) is 73.1. The van der Waals surface area contributed by atoms with E-state index in [1.807, 2.05) is 0 Å². The van der Waals surface area contributed by atoms with Gasteiger partial charge in [0.25, 0.3) is 0 Å². The second-order valence-corrected chi connectivity index (χ2v) is 0. The summed E-state index contributed by atoms with van der Waals surface area (Å²) in [6.07, 6.45) is 0. The summed E-state index contributed by atoms with van der Waals surface area (Å²) in [5.74, 6) is 0. The van der Waals surface area contributed by atoms with Crippen LogP contribution in [0.3, 0.4) is 0 Å². The van der Waals surface area contributed by atoms with E-state index in [2.05, 4.69) is 0 Å². The molecule has 0 aromatic carbocycles. The van der Waals surface area contributed by atoms with Crippen molar-refractivity contribution < 1.29 is 21.7 Å². The zero-order valence-electron chi connectivity index (χ0n) is 3.06. The Morgan fingerprint density at radius 1 is 1.00 bits per heavy atom. The van der Waals surface area contributed by atoms with Crippen molar-refractivity contribution in [3.63, 3.8) is 0 Å². The van der Waals surface area contributed by atoms with Crippen LogP contribution >= 0.6 is 0 Å². The van der Waals surface area contributed by atoms with Crippen molar-refractivity contribution in [2.75, 3.05) is 0 Å². The van der Waals surface area contributed by atoms with Gasteiger partial charge < -0.3 is 16.4 Å². The monoisotopic (exact) mass is 127 g/mol. The molecule has 0 saturated heterocycles. The molecule has 0 spiro atoms. The van der Waals surface area contributed by atoms with Gasteiger partial charge in [0, 0.05) is 18.8 Å². The second kappa shape index (κ2) is 233. The summed E-state index contributed by atoms with van der Waals surface area (Å²) in [5, 5.41) is 0. The van der Waals surface area contributed by atoms with Crippen LogP contribution in [0.25, 0.3) is 0 Å². The maximum absolute atomic E-state index is 8.17. The fourth-order valence-electron chi connectivity index (χ4n) is 0. The van der Waals surface area contributed by atoms with E-state index < -0.39 is 0 Å². The van der Waals surface area contributed by atoms with Gasteiger partial charge in [-0.25, -0.2) is 0 Å². The van der Waals surface area contributed by atoms with Crippen molar-refractivity contribution in [1.29, 1.82) is 0 Å². The topological polar surface area (TPSA) is 112 Å². The molecule has 0 aromatic rings. The Morgan fingerprint density at radius 2 is 1.00 bits per heavy atom. The molecule has 0 bridgehead atoms. The average Bonchev–Trinajstić information content (AvgIpc) is 1.00. The fraction of sp³-hybridized carbons (Fsp3) is 0. The molecule has 6 N–H and O–H groups in total. The van der Waals surface area contributed by atoms with Gasteiger partial charge >= 0.3 is 20.0 Å². The number of rotatable bonds is 0. The maximum atomic E-state index is 8.17. The van der Waals surface area contributed by atoms with Crippen molar-refractivity contribution in [1.82, 2.24) is 0 Å². The Kier molecular flexibility index (Phi) is 2840. The summed E-state index contributed by atoms with van der Waals surface area (Å²) < 4.78 is 8.17. The van der Waals surface area contributed by atoms with Crippen LogP contribution in [0.4, 0.5) is 0 Å². The van der Waals surface area contributed by atoms with E-state index in [9.17, 15) is 0 Å². The van der Waals surface area contributed by atoms with Crippen molar-refractivity contribution >= 4 is 33.6 Å². The molecule has 0 rings (SSSR count). The summed E-state index contributed by atoms with van der Waals surface area (Å²) in [4.78, 5) is 0. The van der Waals surface area contributed by atoms with Crippen LogP contribution in [0.2, 0.25) is 0 Å². The molecule has 4 nitrogen and oxygen atoms in total. The fourth-order valence-corrected chi connectivity index (χ4v) is 0. The second-order valence-electron chi connectivity index (χ2n) is 0. The van der Waals surface area contributed by atoms with Gasteiger partial charge in [-0.15, -0.1) is 0 Å². The van der Waals surface area contributed by atoms with Gasteiger partial charge in [0.15, 0.2) is 0 Å². The first-order valence-corrected chi connectivity index (χ1v) is 0.707. The van der Waals surface area contributed by atoms with Gasteiger partial charge in [-0.1, -0.05) is 0 Å². The Hall–Kier alpha value is 0.745. The summed E-state index contributed by atoms with van der Waals surface area (Å²) in [7, 11) is 0. The molecule has 0 aliphatic rings. The van der Waals surface area contributed by atoms with Gasteiger partial charge in [0.2, 0.25) is 0 Å². The van der Waals surface area contributed by atoms with Crippen LogP contribution in [0, 0.1) is 0 Å². The van der Waals surface area contributed by atoms with Crippen molar-refractivity contribution in [3.8, 4) is 0 Å². The third-order valence-electron chi connectivity index (χ3n) is 0. The molecule has 6 heteroatoms. The van der Waals surface area contributed by atoms with Crippen LogP contribution in [0.5, 0.6) is 0 Å². The number of hydrogen-bond donors (Lipinski definition) is 0. The molecule has 0 aromatic heterocycles. The summed E-state index contributed by atoms with van der Waals surface area (Å²) in [6, 6.07) is 0. The Morgan fingerprint density at radius 3 is 1.00 bits per heavy atom. The van der Waals surface area contributed by atoms with Crippen molar-refractivity contribution in [2.24, 2.45) is 0 Å². The van der Waals surface area contributed by atoms with Crippen LogP contribution in [0.15, 0.2) is 0 Å². The third-order valence-corrected chi connectivity index (χ3v) is 0. The molecule has 0 aliphatic carbocycles. The molecular weight excluding hydrogens is 118 g/mol. The minimum atomic E-state index is 0. The van der Waals surface area contributed by atoms with Crippen molar-refractivity contribution in [2.45, 2.75) is 0 Å². The SMILES string of the molecule is O.O.O.[2HH].[Al].[O]=[Al]. The molecule has 38 valence electrons. The Balaban J connectivity index is -0.000000000500. The summed E-state index contributed by atoms with van der Waals surface area (Å²) in [5.41, 5.74) is 0. The van der Waals surface area contributed by atoms with Crippen LogP contribution in [0.1, 0.15) is 1.43 Å². The molecule has 6 heavy (non-hydrogen) atoms. The summed E-state index contributed by atoms with van der Waals surface area (Å²) in [6.45, 7) is 0. The van der Waals surface area contributed by atoms with Gasteiger partial charge in [-0.05, 0) is 0 Å². The molecule has 0 heterocycles. The van der Waals surface area contributed by atoms with Gasteiger partial charge in [-0.3, -0.25) is 0 Å². The Labute approximate surface area is 55.7 Å². The molecule has 0 aliphatic heterocycles. The molecule has 0 atom stereocenters. The van der Waals surface area contributed by atoms with Crippen LogP contribution in [-0.2, 0) is 3.80 Å². The Bertz CT molecular complexity index is 9.65. The number of hydrogen-bond acceptors (Lipinski definition) is 1. The van der Waals surface area contributed by atoms with Crippen LogP contribution in [-0.4, -0.2) is 50.0 Å². The zero-order chi connectivity index (χ0) is 2.00. The molecule has 0 unspecified atom stereocenters. The van der Waals surface area contributed by atoms with E-state index >= 15 is 0 Å². The van der Waals surface area contributed by atoms with E-state index in [-0.39, 0.29) is 35.2 Å². The van der Waals surface area contributed by atoms with Gasteiger partial charge in [0.05, 0.1) is 0 Å². The van der Waals surface area contributed by atoms with Gasteiger partial charge in [-0.2, -0.15) is 0 Å². The molecule has 0 fully saturated rings. The van der Waals surface area contributed by atoms with E-state index in [0.29, 0.717) is 0 Å². The quantitative estimate of drug-likeness (QED) is 0.315. The first-order chi connectivity index (χ1) is 1.00. The molecule has 4 radical (unpaired) electrons. The standard InChI is InChI=1S/2Al.3H2O.O.H2/h;;3*1H2;;1H/i;;;;;;1+1. The van der Waals surface area contributed by atoms with E-state index in [0.717, 1.165) is 0 Å².